The van der Waals surface area contributed by atoms with E-state index < -0.39 is 35.7 Å². The summed E-state index contributed by atoms with van der Waals surface area (Å²) >= 11 is 6.18. The normalized spacial score (nSPS) is 16.8. The van der Waals surface area contributed by atoms with Crippen LogP contribution in [0.15, 0.2) is 54.6 Å². The van der Waals surface area contributed by atoms with E-state index in [2.05, 4.69) is 0 Å². The van der Waals surface area contributed by atoms with E-state index in [1.54, 1.807) is 52.1 Å². The zero-order valence-corrected chi connectivity index (χ0v) is 20.0. The van der Waals surface area contributed by atoms with Crippen LogP contribution in [0.1, 0.15) is 37.8 Å². The summed E-state index contributed by atoms with van der Waals surface area (Å²) < 4.78 is 10.7. The molecule has 33 heavy (non-hydrogen) atoms. The van der Waals surface area contributed by atoms with E-state index in [0.29, 0.717) is 17.0 Å². The molecule has 0 bridgehead atoms. The number of ether oxygens (including phenoxy) is 2. The molecule has 176 valence electrons. The largest absolute Gasteiger partial charge is 0.447 e. The summed E-state index contributed by atoms with van der Waals surface area (Å²) in [4.78, 5) is 41.4. The standard InChI is InChI=1S/C25H29ClN2O5/c1-25(2,3)33-23(30)27(4)15-21(18-11-8-12-19(26)14-18)22(29)28-20(16-32-24(28)31)13-17-9-6-5-7-10-17/h5-12,14,20-21H,13,15-16H2,1-4H3/t20-,21+/m1/s1. The molecule has 1 saturated heterocycles. The van der Waals surface area contributed by atoms with Crippen molar-refractivity contribution in [2.75, 3.05) is 20.2 Å². The summed E-state index contributed by atoms with van der Waals surface area (Å²) in [5, 5.41) is 0.454. The number of likely N-dealkylation sites (N-methyl/N-ethyl adjacent to an activating group) is 1. The van der Waals surface area contributed by atoms with Gasteiger partial charge in [0.1, 0.15) is 12.2 Å². The molecule has 8 heteroatoms. The SMILES string of the molecule is CN(C[C@H](C(=O)N1C(=O)OC[C@H]1Cc1ccccc1)c1cccc(Cl)c1)C(=O)OC(C)(C)C. The Bertz CT molecular complexity index is 1010. The van der Waals surface area contributed by atoms with Crippen LogP contribution in [0.3, 0.4) is 0 Å². The third-order valence-corrected chi connectivity index (χ3v) is 5.46. The Hall–Kier alpha value is -3.06. The van der Waals surface area contributed by atoms with E-state index >= 15 is 0 Å². The molecule has 2 aromatic carbocycles. The number of hydrogen-bond donors (Lipinski definition) is 0. The topological polar surface area (TPSA) is 76.2 Å². The van der Waals surface area contributed by atoms with Crippen molar-refractivity contribution < 1.29 is 23.9 Å². The highest BCUT2D eigenvalue weighted by molar-refractivity contribution is 6.30. The van der Waals surface area contributed by atoms with Crippen LogP contribution >= 0.6 is 11.6 Å². The fourth-order valence-corrected chi connectivity index (χ4v) is 3.87. The van der Waals surface area contributed by atoms with E-state index in [1.807, 2.05) is 30.3 Å². The molecule has 3 rings (SSSR count). The first kappa shape index (κ1) is 24.6. The van der Waals surface area contributed by atoms with Crippen molar-refractivity contribution in [2.45, 2.75) is 44.8 Å². The van der Waals surface area contributed by atoms with Gasteiger partial charge in [-0.3, -0.25) is 4.79 Å². The zero-order valence-electron chi connectivity index (χ0n) is 19.3. The van der Waals surface area contributed by atoms with Crippen LogP contribution < -0.4 is 0 Å². The van der Waals surface area contributed by atoms with E-state index in [0.717, 1.165) is 5.56 Å². The molecule has 0 radical (unpaired) electrons. The fraction of sp³-hybridized carbons (Fsp3) is 0.400. The van der Waals surface area contributed by atoms with Gasteiger partial charge in [0.25, 0.3) is 0 Å². The quantitative estimate of drug-likeness (QED) is 0.598. The monoisotopic (exact) mass is 472 g/mol. The average Bonchev–Trinajstić information content (AvgIpc) is 3.10. The minimum atomic E-state index is -0.829. The van der Waals surface area contributed by atoms with Crippen molar-refractivity contribution in [3.63, 3.8) is 0 Å². The number of amides is 3. The highest BCUT2D eigenvalue weighted by Crippen LogP contribution is 2.28. The van der Waals surface area contributed by atoms with Crippen molar-refractivity contribution in [3.8, 4) is 0 Å². The second-order valence-electron chi connectivity index (χ2n) is 9.10. The molecule has 7 nitrogen and oxygen atoms in total. The molecule has 1 aliphatic rings. The molecule has 2 aromatic rings. The molecule has 1 fully saturated rings. The minimum Gasteiger partial charge on any atom is -0.447 e. The molecule has 1 aliphatic heterocycles. The first-order valence-corrected chi connectivity index (χ1v) is 11.2. The Morgan fingerprint density at radius 2 is 1.88 bits per heavy atom. The van der Waals surface area contributed by atoms with Gasteiger partial charge in [-0.25, -0.2) is 14.5 Å². The lowest BCUT2D eigenvalue weighted by molar-refractivity contribution is -0.131. The van der Waals surface area contributed by atoms with Crippen LogP contribution in [-0.4, -0.2) is 59.7 Å². The molecular weight excluding hydrogens is 444 g/mol. The average molecular weight is 473 g/mol. The van der Waals surface area contributed by atoms with E-state index in [4.69, 9.17) is 21.1 Å². The lowest BCUT2D eigenvalue weighted by Crippen LogP contribution is -2.46. The van der Waals surface area contributed by atoms with Crippen LogP contribution in [0.5, 0.6) is 0 Å². The van der Waals surface area contributed by atoms with Crippen molar-refractivity contribution in [3.05, 3.63) is 70.7 Å². The maximum Gasteiger partial charge on any atom is 0.417 e. The first-order valence-electron chi connectivity index (χ1n) is 10.8. The number of hydrogen-bond acceptors (Lipinski definition) is 5. The lowest BCUT2D eigenvalue weighted by atomic mass is 9.95. The van der Waals surface area contributed by atoms with Crippen LogP contribution in [-0.2, 0) is 20.7 Å². The number of nitrogens with zero attached hydrogens (tertiary/aromatic N) is 2. The number of imide groups is 1. The summed E-state index contributed by atoms with van der Waals surface area (Å²) in [7, 11) is 1.56. The Morgan fingerprint density at radius 3 is 2.52 bits per heavy atom. The van der Waals surface area contributed by atoms with E-state index in [1.165, 1.54) is 9.80 Å². The van der Waals surface area contributed by atoms with Gasteiger partial charge in [0.05, 0.1) is 12.0 Å². The van der Waals surface area contributed by atoms with E-state index in [9.17, 15) is 14.4 Å². The third kappa shape index (κ3) is 6.48. The highest BCUT2D eigenvalue weighted by Gasteiger charge is 2.42. The fourth-order valence-electron chi connectivity index (χ4n) is 3.67. The van der Waals surface area contributed by atoms with Gasteiger partial charge in [-0.15, -0.1) is 0 Å². The highest BCUT2D eigenvalue weighted by atomic mass is 35.5. The molecular formula is C25H29ClN2O5. The Balaban J connectivity index is 1.87. The van der Waals surface area contributed by atoms with E-state index in [-0.39, 0.29) is 13.2 Å². The minimum absolute atomic E-state index is 0.00985. The molecule has 0 N–H and O–H groups in total. The number of carbonyl (C=O) groups excluding carboxylic acids is 3. The maximum absolute atomic E-state index is 13.7. The second kappa shape index (κ2) is 10.3. The summed E-state index contributed by atoms with van der Waals surface area (Å²) in [5.74, 6) is -1.28. The Morgan fingerprint density at radius 1 is 1.18 bits per heavy atom. The van der Waals surface area contributed by atoms with Crippen molar-refractivity contribution in [2.24, 2.45) is 0 Å². The smallest absolute Gasteiger partial charge is 0.417 e. The molecule has 0 aliphatic carbocycles. The van der Waals surface area contributed by atoms with Crippen molar-refractivity contribution in [1.82, 2.24) is 9.80 Å². The molecule has 1 heterocycles. The van der Waals surface area contributed by atoms with Crippen LogP contribution in [0, 0.1) is 0 Å². The van der Waals surface area contributed by atoms with Crippen LogP contribution in [0.25, 0.3) is 0 Å². The molecule has 3 amide bonds. The van der Waals surface area contributed by atoms with Crippen LogP contribution in [0.2, 0.25) is 5.02 Å². The zero-order chi connectivity index (χ0) is 24.2. The van der Waals surface area contributed by atoms with Gasteiger partial charge in [-0.1, -0.05) is 54.1 Å². The van der Waals surface area contributed by atoms with Gasteiger partial charge in [-0.2, -0.15) is 0 Å². The second-order valence-corrected chi connectivity index (χ2v) is 9.53. The van der Waals surface area contributed by atoms with Gasteiger partial charge in [-0.05, 0) is 50.5 Å². The number of cyclic esters (lactones) is 1. The molecule has 2 atom stereocenters. The predicted molar refractivity (Wildman–Crippen MR) is 125 cm³/mol. The van der Waals surface area contributed by atoms with Crippen molar-refractivity contribution in [1.29, 1.82) is 0 Å². The molecule has 0 aromatic heterocycles. The van der Waals surface area contributed by atoms with Crippen molar-refractivity contribution >= 4 is 29.7 Å². The van der Waals surface area contributed by atoms with Gasteiger partial charge in [0, 0.05) is 18.6 Å². The molecule has 0 saturated carbocycles. The lowest BCUT2D eigenvalue weighted by Gasteiger charge is -2.30. The summed E-state index contributed by atoms with van der Waals surface area (Å²) in [5.41, 5.74) is 0.908. The van der Waals surface area contributed by atoms with Gasteiger partial charge in [0.15, 0.2) is 0 Å². The van der Waals surface area contributed by atoms with Gasteiger partial charge < -0.3 is 14.4 Å². The number of carbonyl (C=O) groups is 3. The Labute approximate surface area is 199 Å². The number of halogens is 1. The molecule has 0 unspecified atom stereocenters. The first-order chi connectivity index (χ1) is 15.5. The van der Waals surface area contributed by atoms with Gasteiger partial charge in [0.2, 0.25) is 5.91 Å². The Kier molecular flexibility index (Phi) is 7.64. The van der Waals surface area contributed by atoms with Gasteiger partial charge >= 0.3 is 12.2 Å². The summed E-state index contributed by atoms with van der Waals surface area (Å²) in [6.45, 7) is 5.44. The number of rotatable bonds is 6. The summed E-state index contributed by atoms with van der Waals surface area (Å²) in [6, 6.07) is 16.0. The summed E-state index contributed by atoms with van der Waals surface area (Å²) in [6.07, 6.45) is -0.775. The number of benzene rings is 2. The maximum atomic E-state index is 13.7. The third-order valence-electron chi connectivity index (χ3n) is 5.22. The predicted octanol–water partition coefficient (Wildman–Crippen LogP) is 4.88. The van der Waals surface area contributed by atoms with Crippen LogP contribution in [0.4, 0.5) is 9.59 Å². The molecule has 0 spiro atoms.